The first-order valence-electron chi connectivity index (χ1n) is 13.9. The van der Waals surface area contributed by atoms with E-state index in [0.29, 0.717) is 49.6 Å². The Kier molecular flexibility index (Phi) is 7.57. The number of carbonyl (C=O) groups is 3. The van der Waals surface area contributed by atoms with Gasteiger partial charge in [0.2, 0.25) is 5.91 Å². The van der Waals surface area contributed by atoms with Crippen LogP contribution >= 0.6 is 11.3 Å². The second kappa shape index (κ2) is 11.4. The predicted octanol–water partition coefficient (Wildman–Crippen LogP) is 5.34. The number of aromatic nitrogens is 2. The van der Waals surface area contributed by atoms with Gasteiger partial charge in [0.05, 0.1) is 12.1 Å². The molecule has 1 fully saturated rings. The number of fused-ring (bicyclic) bond motifs is 3. The van der Waals surface area contributed by atoms with E-state index in [-0.39, 0.29) is 42.2 Å². The Labute approximate surface area is 241 Å². The van der Waals surface area contributed by atoms with E-state index in [1.807, 2.05) is 10.3 Å². The van der Waals surface area contributed by atoms with Crippen LogP contribution in [0.25, 0.3) is 10.9 Å². The van der Waals surface area contributed by atoms with Crippen LogP contribution in [0.2, 0.25) is 0 Å². The van der Waals surface area contributed by atoms with Crippen LogP contribution in [0.4, 0.5) is 4.39 Å². The normalized spacial score (nSPS) is 15.7. The fraction of sp³-hybridized carbons (Fsp3) is 0.355. The number of piperidine rings is 1. The summed E-state index contributed by atoms with van der Waals surface area (Å²) < 4.78 is 19.0. The second-order valence-electron chi connectivity index (χ2n) is 10.6. The summed E-state index contributed by atoms with van der Waals surface area (Å²) in [4.78, 5) is 50.3. The molecule has 1 saturated heterocycles. The molecule has 0 unspecified atom stereocenters. The molecule has 4 heterocycles. The summed E-state index contributed by atoms with van der Waals surface area (Å²) in [5.41, 5.74) is 3.93. The van der Waals surface area contributed by atoms with Crippen molar-refractivity contribution in [2.24, 2.45) is 0 Å². The zero-order valence-electron chi connectivity index (χ0n) is 22.8. The first kappa shape index (κ1) is 27.1. The molecule has 0 radical (unpaired) electrons. The summed E-state index contributed by atoms with van der Waals surface area (Å²) in [7, 11) is 1.58. The van der Waals surface area contributed by atoms with Crippen molar-refractivity contribution in [2.75, 3.05) is 26.7 Å². The molecule has 41 heavy (non-hydrogen) atoms. The number of halogens is 1. The van der Waals surface area contributed by atoms with Crippen molar-refractivity contribution in [2.45, 2.75) is 44.6 Å². The number of carbonyl (C=O) groups excluding carboxylic acids is 3. The van der Waals surface area contributed by atoms with Gasteiger partial charge in [0.25, 0.3) is 5.91 Å². The van der Waals surface area contributed by atoms with Crippen LogP contribution in [0.1, 0.15) is 68.7 Å². The minimum absolute atomic E-state index is 0.0121. The Morgan fingerprint density at radius 3 is 2.59 bits per heavy atom. The van der Waals surface area contributed by atoms with Crippen LogP contribution in [0.3, 0.4) is 0 Å². The number of thiazole rings is 1. The Bertz CT molecular complexity index is 1600. The molecule has 4 aromatic rings. The lowest BCUT2D eigenvalue weighted by molar-refractivity contribution is -0.132. The number of nitrogens with one attached hydrogen (secondary N) is 1. The Balaban J connectivity index is 1.01. The number of hydrogen-bond acceptors (Lipinski definition) is 6. The monoisotopic (exact) mass is 574 g/mol. The van der Waals surface area contributed by atoms with Crippen molar-refractivity contribution < 1.29 is 23.5 Å². The summed E-state index contributed by atoms with van der Waals surface area (Å²) in [6.45, 7) is 2.21. The molecule has 2 aliphatic heterocycles. The van der Waals surface area contributed by atoms with E-state index in [2.05, 4.69) is 4.98 Å². The van der Waals surface area contributed by atoms with Crippen LogP contribution in [0.15, 0.2) is 47.8 Å². The van der Waals surface area contributed by atoms with E-state index in [0.717, 1.165) is 40.0 Å². The molecule has 0 atom stereocenters. The highest BCUT2D eigenvalue weighted by atomic mass is 32.1. The van der Waals surface area contributed by atoms with Crippen molar-refractivity contribution >= 4 is 39.8 Å². The largest absolute Gasteiger partial charge is 0.497 e. The Hall–Kier alpha value is -4.05. The van der Waals surface area contributed by atoms with Gasteiger partial charge in [-0.25, -0.2) is 9.37 Å². The third-order valence-corrected chi connectivity index (χ3v) is 9.15. The first-order valence-corrected chi connectivity index (χ1v) is 14.8. The van der Waals surface area contributed by atoms with Gasteiger partial charge >= 0.3 is 0 Å². The maximum Gasteiger partial charge on any atom is 0.273 e. The minimum atomic E-state index is -0.290. The SMILES string of the molecule is COc1ccc(C(=O)CCC(=O)N2CCC(c3nc(C(=O)N4CCc5[nH]c6ccc(F)cc6c5C4)cs3)CC2)cc1. The number of methoxy groups -OCH3 is 1. The quantitative estimate of drug-likeness (QED) is 0.301. The molecule has 0 saturated carbocycles. The van der Waals surface area contributed by atoms with Crippen LogP contribution in [-0.2, 0) is 17.8 Å². The van der Waals surface area contributed by atoms with Gasteiger partial charge in [-0.3, -0.25) is 14.4 Å². The highest BCUT2D eigenvalue weighted by Gasteiger charge is 2.29. The van der Waals surface area contributed by atoms with E-state index in [1.54, 1.807) is 42.3 Å². The van der Waals surface area contributed by atoms with Gasteiger partial charge in [-0.15, -0.1) is 11.3 Å². The van der Waals surface area contributed by atoms with E-state index in [4.69, 9.17) is 9.72 Å². The van der Waals surface area contributed by atoms with Gasteiger partial charge in [-0.1, -0.05) is 0 Å². The molecule has 0 aliphatic carbocycles. The lowest BCUT2D eigenvalue weighted by atomic mass is 9.97. The lowest BCUT2D eigenvalue weighted by Gasteiger charge is -2.31. The average Bonchev–Trinajstić information content (AvgIpc) is 3.64. The van der Waals surface area contributed by atoms with Crippen LogP contribution in [-0.4, -0.2) is 64.1 Å². The molecule has 2 amide bonds. The van der Waals surface area contributed by atoms with Gasteiger partial charge in [-0.2, -0.15) is 0 Å². The molecule has 0 spiro atoms. The van der Waals surface area contributed by atoms with Crippen molar-refractivity contribution in [1.82, 2.24) is 19.8 Å². The number of amides is 2. The first-order chi connectivity index (χ1) is 19.9. The molecule has 6 rings (SSSR count). The molecular weight excluding hydrogens is 543 g/mol. The number of hydrogen-bond donors (Lipinski definition) is 1. The van der Waals surface area contributed by atoms with Crippen molar-refractivity contribution in [3.05, 3.63) is 81.2 Å². The molecule has 8 nitrogen and oxygen atoms in total. The van der Waals surface area contributed by atoms with E-state index in [9.17, 15) is 18.8 Å². The van der Waals surface area contributed by atoms with Crippen molar-refractivity contribution in [1.29, 1.82) is 0 Å². The van der Waals surface area contributed by atoms with Crippen LogP contribution in [0.5, 0.6) is 5.75 Å². The van der Waals surface area contributed by atoms with Crippen molar-refractivity contribution in [3.63, 3.8) is 0 Å². The number of ketones is 1. The summed E-state index contributed by atoms with van der Waals surface area (Å²) in [5, 5.41) is 3.56. The topological polar surface area (TPSA) is 95.6 Å². The fourth-order valence-electron chi connectivity index (χ4n) is 5.77. The Morgan fingerprint density at radius 1 is 1.05 bits per heavy atom. The number of rotatable bonds is 7. The number of H-pyrrole nitrogens is 1. The molecular formula is C31H31FN4O4S. The zero-order chi connectivity index (χ0) is 28.5. The smallest absolute Gasteiger partial charge is 0.273 e. The van der Waals surface area contributed by atoms with Crippen LogP contribution in [0, 0.1) is 5.82 Å². The van der Waals surface area contributed by atoms with Gasteiger partial charge in [0, 0.05) is 84.5 Å². The van der Waals surface area contributed by atoms with Gasteiger partial charge in [-0.05, 0) is 55.3 Å². The summed E-state index contributed by atoms with van der Waals surface area (Å²) in [5.74, 6) is 0.404. The molecule has 0 bridgehead atoms. The Morgan fingerprint density at radius 2 is 1.83 bits per heavy atom. The number of benzene rings is 2. The number of Topliss-reactive ketones (excluding diaryl/α,β-unsaturated/α-hetero) is 1. The van der Waals surface area contributed by atoms with E-state index < -0.39 is 0 Å². The number of aromatic amines is 1. The molecule has 10 heteroatoms. The molecule has 2 aromatic carbocycles. The number of ether oxygens (including phenoxy) is 1. The summed E-state index contributed by atoms with van der Waals surface area (Å²) in [6.07, 6.45) is 2.59. The fourth-order valence-corrected chi connectivity index (χ4v) is 6.74. The van der Waals surface area contributed by atoms with Crippen LogP contribution < -0.4 is 4.74 Å². The second-order valence-corrected chi connectivity index (χ2v) is 11.5. The van der Waals surface area contributed by atoms with Crippen molar-refractivity contribution in [3.8, 4) is 5.75 Å². The highest BCUT2D eigenvalue weighted by Crippen LogP contribution is 2.32. The number of nitrogens with zero attached hydrogens (tertiary/aromatic N) is 3. The third kappa shape index (κ3) is 5.61. The molecule has 1 N–H and O–H groups in total. The molecule has 2 aromatic heterocycles. The maximum atomic E-state index is 13.9. The standard InChI is InChI=1S/C31H31FN4O4S/c1-40-22-5-2-19(3-6-22)28(37)8-9-29(38)35-13-10-20(11-14-35)30-34-27(18-41-30)31(39)36-15-12-26-24(17-36)23-16-21(32)4-7-25(23)33-26/h2-7,16,18,20,33H,8-15,17H2,1H3. The lowest BCUT2D eigenvalue weighted by Crippen LogP contribution is -2.38. The number of likely N-dealkylation sites (tertiary alicyclic amines) is 1. The van der Waals surface area contributed by atoms with E-state index in [1.165, 1.54) is 23.5 Å². The summed E-state index contributed by atoms with van der Waals surface area (Å²) in [6, 6.07) is 11.6. The van der Waals surface area contributed by atoms with Gasteiger partial charge in [0.1, 0.15) is 17.3 Å². The predicted molar refractivity (Wildman–Crippen MR) is 154 cm³/mol. The van der Waals surface area contributed by atoms with Gasteiger partial charge in [0.15, 0.2) is 5.78 Å². The average molecular weight is 575 g/mol. The summed E-state index contributed by atoms with van der Waals surface area (Å²) >= 11 is 1.49. The molecule has 2 aliphatic rings. The highest BCUT2D eigenvalue weighted by molar-refractivity contribution is 7.09. The zero-order valence-corrected chi connectivity index (χ0v) is 23.6. The van der Waals surface area contributed by atoms with Gasteiger partial charge < -0.3 is 19.5 Å². The van der Waals surface area contributed by atoms with E-state index >= 15 is 0 Å². The minimum Gasteiger partial charge on any atom is -0.497 e. The molecule has 212 valence electrons. The maximum absolute atomic E-state index is 13.9. The third-order valence-electron chi connectivity index (χ3n) is 8.14.